The van der Waals surface area contributed by atoms with Crippen LogP contribution in [0.25, 0.3) is 0 Å². The van der Waals surface area contributed by atoms with Gasteiger partial charge >= 0.3 is 0 Å². The molecule has 2 heterocycles. The highest BCUT2D eigenvalue weighted by Crippen LogP contribution is 2.19. The van der Waals surface area contributed by atoms with Crippen molar-refractivity contribution in [2.24, 2.45) is 11.8 Å². The second-order valence-electron chi connectivity index (χ2n) is 6.06. The molecule has 19 heavy (non-hydrogen) atoms. The van der Waals surface area contributed by atoms with Crippen LogP contribution in [0.15, 0.2) is 0 Å². The van der Waals surface area contributed by atoms with Crippen LogP contribution >= 0.6 is 0 Å². The molecule has 0 aromatic rings. The standard InChI is InChI=1S/C15H30N2O2/c1-3-16-15(14-6-9-19-12-14)11-17(2)10-13-4-7-18-8-5-13/h13-16H,3-12H2,1-2H3. The molecule has 4 nitrogen and oxygen atoms in total. The lowest BCUT2D eigenvalue weighted by atomic mass is 9.96. The highest BCUT2D eigenvalue weighted by atomic mass is 16.5. The van der Waals surface area contributed by atoms with E-state index in [9.17, 15) is 0 Å². The Balaban J connectivity index is 1.74. The first kappa shape index (κ1) is 15.2. The Labute approximate surface area is 117 Å². The van der Waals surface area contributed by atoms with E-state index < -0.39 is 0 Å². The molecular weight excluding hydrogens is 240 g/mol. The van der Waals surface area contributed by atoms with Crippen LogP contribution in [0.4, 0.5) is 0 Å². The molecule has 2 fully saturated rings. The highest BCUT2D eigenvalue weighted by Gasteiger charge is 2.26. The number of hydrogen-bond donors (Lipinski definition) is 1. The Bertz CT molecular complexity index is 238. The van der Waals surface area contributed by atoms with Gasteiger partial charge in [0.15, 0.2) is 0 Å². The van der Waals surface area contributed by atoms with E-state index in [-0.39, 0.29) is 0 Å². The lowest BCUT2D eigenvalue weighted by Gasteiger charge is -2.32. The summed E-state index contributed by atoms with van der Waals surface area (Å²) in [6.07, 6.45) is 3.66. The lowest BCUT2D eigenvalue weighted by Crippen LogP contribution is -2.46. The summed E-state index contributed by atoms with van der Waals surface area (Å²) in [4.78, 5) is 2.50. The summed E-state index contributed by atoms with van der Waals surface area (Å²) in [7, 11) is 2.26. The molecule has 0 spiro atoms. The minimum absolute atomic E-state index is 0.581. The Kier molecular flexibility index (Phi) is 6.57. The first-order valence-electron chi connectivity index (χ1n) is 7.87. The zero-order valence-electron chi connectivity index (χ0n) is 12.6. The SMILES string of the molecule is CCNC(CN(C)CC1CCOCC1)C1CCOC1. The van der Waals surface area contributed by atoms with Crippen molar-refractivity contribution in [2.75, 3.05) is 53.1 Å². The largest absolute Gasteiger partial charge is 0.381 e. The van der Waals surface area contributed by atoms with Gasteiger partial charge in [0.05, 0.1) is 6.61 Å². The fraction of sp³-hybridized carbons (Fsp3) is 1.00. The minimum Gasteiger partial charge on any atom is -0.381 e. The second kappa shape index (κ2) is 8.20. The highest BCUT2D eigenvalue weighted by molar-refractivity contribution is 4.82. The monoisotopic (exact) mass is 270 g/mol. The Morgan fingerprint density at radius 2 is 1.89 bits per heavy atom. The minimum atomic E-state index is 0.581. The summed E-state index contributed by atoms with van der Waals surface area (Å²) in [6, 6.07) is 0.581. The maximum Gasteiger partial charge on any atom is 0.0510 e. The predicted octanol–water partition coefficient (Wildman–Crippen LogP) is 1.36. The average molecular weight is 270 g/mol. The molecule has 0 radical (unpaired) electrons. The smallest absolute Gasteiger partial charge is 0.0510 e. The van der Waals surface area contributed by atoms with E-state index in [2.05, 4.69) is 24.2 Å². The van der Waals surface area contributed by atoms with Gasteiger partial charge in [-0.2, -0.15) is 0 Å². The van der Waals surface area contributed by atoms with E-state index in [4.69, 9.17) is 9.47 Å². The van der Waals surface area contributed by atoms with E-state index in [1.165, 1.54) is 25.8 Å². The van der Waals surface area contributed by atoms with Crippen LogP contribution in [-0.4, -0.2) is 64.1 Å². The van der Waals surface area contributed by atoms with Crippen molar-refractivity contribution in [2.45, 2.75) is 32.2 Å². The molecule has 4 heteroatoms. The Morgan fingerprint density at radius 1 is 1.16 bits per heavy atom. The summed E-state index contributed by atoms with van der Waals surface area (Å²) in [6.45, 7) is 9.36. The Hall–Kier alpha value is -0.160. The van der Waals surface area contributed by atoms with Gasteiger partial charge in [-0.3, -0.25) is 0 Å². The van der Waals surface area contributed by atoms with Crippen LogP contribution in [0, 0.1) is 11.8 Å². The van der Waals surface area contributed by atoms with E-state index in [0.29, 0.717) is 12.0 Å². The van der Waals surface area contributed by atoms with Crippen LogP contribution in [0.5, 0.6) is 0 Å². The first-order valence-corrected chi connectivity index (χ1v) is 7.87. The number of nitrogens with zero attached hydrogens (tertiary/aromatic N) is 1. The van der Waals surface area contributed by atoms with Gasteiger partial charge in [0.25, 0.3) is 0 Å². The summed E-state index contributed by atoms with van der Waals surface area (Å²) in [5.74, 6) is 1.51. The molecular formula is C15H30N2O2. The van der Waals surface area contributed by atoms with Crippen molar-refractivity contribution in [1.29, 1.82) is 0 Å². The summed E-state index contributed by atoms with van der Waals surface area (Å²) in [5, 5.41) is 3.65. The average Bonchev–Trinajstić information content (AvgIpc) is 2.93. The van der Waals surface area contributed by atoms with Crippen molar-refractivity contribution in [3.8, 4) is 0 Å². The van der Waals surface area contributed by atoms with Gasteiger partial charge in [-0.05, 0) is 38.8 Å². The molecule has 2 saturated heterocycles. The maximum atomic E-state index is 5.54. The number of rotatable bonds is 7. The molecule has 0 aromatic heterocycles. The van der Waals surface area contributed by atoms with Crippen molar-refractivity contribution >= 4 is 0 Å². The molecule has 0 amide bonds. The number of ether oxygens (including phenoxy) is 2. The van der Waals surface area contributed by atoms with Crippen molar-refractivity contribution in [1.82, 2.24) is 10.2 Å². The van der Waals surface area contributed by atoms with Gasteiger partial charge in [0.1, 0.15) is 0 Å². The van der Waals surface area contributed by atoms with Crippen molar-refractivity contribution in [3.63, 3.8) is 0 Å². The molecule has 2 aliphatic heterocycles. The molecule has 112 valence electrons. The van der Waals surface area contributed by atoms with Gasteiger partial charge in [0, 0.05) is 44.9 Å². The third-order valence-electron chi connectivity index (χ3n) is 4.42. The molecule has 0 saturated carbocycles. The van der Waals surface area contributed by atoms with E-state index >= 15 is 0 Å². The van der Waals surface area contributed by atoms with Gasteiger partial charge < -0.3 is 19.7 Å². The van der Waals surface area contributed by atoms with Gasteiger partial charge in [-0.1, -0.05) is 6.92 Å². The Morgan fingerprint density at radius 3 is 2.53 bits per heavy atom. The van der Waals surface area contributed by atoms with Gasteiger partial charge in [0.2, 0.25) is 0 Å². The van der Waals surface area contributed by atoms with Crippen LogP contribution < -0.4 is 5.32 Å². The van der Waals surface area contributed by atoms with Crippen LogP contribution in [0.2, 0.25) is 0 Å². The number of likely N-dealkylation sites (N-methyl/N-ethyl adjacent to an activating group) is 2. The number of hydrogen-bond acceptors (Lipinski definition) is 4. The molecule has 2 unspecified atom stereocenters. The van der Waals surface area contributed by atoms with E-state index in [1.807, 2.05) is 0 Å². The topological polar surface area (TPSA) is 33.7 Å². The molecule has 1 N–H and O–H groups in total. The molecule has 2 aliphatic rings. The van der Waals surface area contributed by atoms with Crippen molar-refractivity contribution < 1.29 is 9.47 Å². The van der Waals surface area contributed by atoms with Crippen LogP contribution in [0.1, 0.15) is 26.2 Å². The fourth-order valence-electron chi connectivity index (χ4n) is 3.29. The molecule has 2 atom stereocenters. The second-order valence-corrected chi connectivity index (χ2v) is 6.06. The predicted molar refractivity (Wildman–Crippen MR) is 77.4 cm³/mol. The molecule has 0 aromatic carbocycles. The normalized spacial score (nSPS) is 27.0. The summed E-state index contributed by atoms with van der Waals surface area (Å²) >= 11 is 0. The number of nitrogens with one attached hydrogen (secondary N) is 1. The van der Waals surface area contributed by atoms with Crippen molar-refractivity contribution in [3.05, 3.63) is 0 Å². The van der Waals surface area contributed by atoms with E-state index in [1.54, 1.807) is 0 Å². The summed E-state index contributed by atoms with van der Waals surface area (Å²) in [5.41, 5.74) is 0. The van der Waals surface area contributed by atoms with Crippen LogP contribution in [0.3, 0.4) is 0 Å². The third kappa shape index (κ3) is 5.03. The van der Waals surface area contributed by atoms with Gasteiger partial charge in [-0.15, -0.1) is 0 Å². The van der Waals surface area contributed by atoms with E-state index in [0.717, 1.165) is 45.4 Å². The third-order valence-corrected chi connectivity index (χ3v) is 4.42. The maximum absolute atomic E-state index is 5.54. The zero-order chi connectivity index (χ0) is 13.5. The van der Waals surface area contributed by atoms with Gasteiger partial charge in [-0.25, -0.2) is 0 Å². The molecule has 2 rings (SSSR count). The lowest BCUT2D eigenvalue weighted by molar-refractivity contribution is 0.0536. The summed E-state index contributed by atoms with van der Waals surface area (Å²) < 4.78 is 11.0. The zero-order valence-corrected chi connectivity index (χ0v) is 12.6. The molecule has 0 bridgehead atoms. The quantitative estimate of drug-likeness (QED) is 0.757. The first-order chi connectivity index (χ1) is 9.29. The van der Waals surface area contributed by atoms with Crippen LogP contribution in [-0.2, 0) is 9.47 Å². The fourth-order valence-corrected chi connectivity index (χ4v) is 3.29. The molecule has 0 aliphatic carbocycles.